The minimum Gasteiger partial charge on any atom is -0.298 e. The van der Waals surface area contributed by atoms with Gasteiger partial charge in [0.2, 0.25) is 0 Å². The van der Waals surface area contributed by atoms with Crippen molar-refractivity contribution >= 4 is 0 Å². The Labute approximate surface area is 124 Å². The highest BCUT2D eigenvalue weighted by atomic mass is 16.1. The summed E-state index contributed by atoms with van der Waals surface area (Å²) in [6.45, 7) is 2.89. The number of hydrogen-bond acceptors (Lipinski definition) is 2. The summed E-state index contributed by atoms with van der Waals surface area (Å²) in [4.78, 5) is 14.8. The summed E-state index contributed by atoms with van der Waals surface area (Å²) in [5, 5.41) is 0. The summed E-state index contributed by atoms with van der Waals surface area (Å²) in [7, 11) is 1.92. The first-order chi connectivity index (χ1) is 10.2. The smallest absolute Gasteiger partial charge is 0.298 e. The fourth-order valence-electron chi connectivity index (χ4n) is 3.43. The number of imidazole rings is 1. The van der Waals surface area contributed by atoms with Crippen molar-refractivity contribution in [2.75, 3.05) is 6.54 Å². The quantitative estimate of drug-likeness (QED) is 0.863. The Bertz CT molecular complexity index is 710. The summed E-state index contributed by atoms with van der Waals surface area (Å²) in [6, 6.07) is 11.0. The molecular weight excluding hydrogens is 262 g/mol. The zero-order chi connectivity index (χ0) is 14.4. The van der Waals surface area contributed by atoms with Crippen LogP contribution in [-0.4, -0.2) is 20.6 Å². The van der Waals surface area contributed by atoms with Crippen LogP contribution in [0.5, 0.6) is 0 Å². The molecule has 0 unspecified atom stereocenters. The van der Waals surface area contributed by atoms with Crippen LogP contribution in [0.3, 0.4) is 0 Å². The van der Waals surface area contributed by atoms with Crippen LogP contribution in [0.25, 0.3) is 0 Å². The van der Waals surface area contributed by atoms with Gasteiger partial charge in [-0.2, -0.15) is 0 Å². The van der Waals surface area contributed by atoms with Gasteiger partial charge in [-0.3, -0.25) is 14.0 Å². The van der Waals surface area contributed by atoms with Crippen molar-refractivity contribution in [2.24, 2.45) is 7.05 Å². The molecule has 0 spiro atoms. The molecule has 0 amide bonds. The van der Waals surface area contributed by atoms with E-state index >= 15 is 0 Å². The predicted octanol–water partition coefficient (Wildman–Crippen LogP) is 2.08. The van der Waals surface area contributed by atoms with E-state index in [9.17, 15) is 4.79 Å². The first-order valence-electron chi connectivity index (χ1n) is 7.79. The molecule has 0 atom stereocenters. The van der Waals surface area contributed by atoms with E-state index in [4.69, 9.17) is 0 Å². The second-order valence-corrected chi connectivity index (χ2v) is 6.28. The molecule has 1 fully saturated rings. The number of benzene rings is 1. The third-order valence-electron chi connectivity index (χ3n) is 4.72. The van der Waals surface area contributed by atoms with Crippen LogP contribution in [0.2, 0.25) is 0 Å². The zero-order valence-corrected chi connectivity index (χ0v) is 12.5. The van der Waals surface area contributed by atoms with E-state index in [1.165, 1.54) is 29.8 Å². The van der Waals surface area contributed by atoms with E-state index in [1.54, 1.807) is 0 Å². The second-order valence-electron chi connectivity index (χ2n) is 6.28. The van der Waals surface area contributed by atoms with Crippen molar-refractivity contribution in [3.8, 4) is 0 Å². The van der Waals surface area contributed by atoms with Crippen LogP contribution in [0.4, 0.5) is 0 Å². The van der Waals surface area contributed by atoms with Gasteiger partial charge in [-0.1, -0.05) is 30.3 Å². The number of aromatic nitrogens is 2. The SMILES string of the molecule is Cn1c2c(n(C3CC3)c1=O)CCN(Cc1ccccc1)C2. The monoisotopic (exact) mass is 283 g/mol. The molecule has 2 aliphatic rings. The van der Waals surface area contributed by atoms with Gasteiger partial charge in [0.05, 0.1) is 5.69 Å². The molecule has 4 rings (SSSR count). The average Bonchev–Trinajstić information content (AvgIpc) is 3.30. The van der Waals surface area contributed by atoms with Gasteiger partial charge >= 0.3 is 5.69 Å². The fraction of sp³-hybridized carbons (Fsp3) is 0.471. The van der Waals surface area contributed by atoms with Crippen molar-refractivity contribution in [2.45, 2.75) is 38.4 Å². The van der Waals surface area contributed by atoms with Gasteiger partial charge in [0.1, 0.15) is 0 Å². The maximum Gasteiger partial charge on any atom is 0.328 e. The Morgan fingerprint density at radius 3 is 2.62 bits per heavy atom. The highest BCUT2D eigenvalue weighted by Gasteiger charge is 2.32. The van der Waals surface area contributed by atoms with Crippen LogP contribution in [0.15, 0.2) is 35.1 Å². The number of hydrogen-bond donors (Lipinski definition) is 0. The summed E-state index contributed by atoms with van der Waals surface area (Å²) in [5.41, 5.74) is 4.03. The summed E-state index contributed by atoms with van der Waals surface area (Å²) in [5.74, 6) is 0. The first-order valence-corrected chi connectivity index (χ1v) is 7.79. The lowest BCUT2D eigenvalue weighted by atomic mass is 10.1. The van der Waals surface area contributed by atoms with Gasteiger partial charge in [0, 0.05) is 44.8 Å². The van der Waals surface area contributed by atoms with Gasteiger partial charge in [-0.05, 0) is 18.4 Å². The summed E-state index contributed by atoms with van der Waals surface area (Å²) in [6.07, 6.45) is 3.34. The Hall–Kier alpha value is -1.81. The Kier molecular flexibility index (Phi) is 3.00. The zero-order valence-electron chi connectivity index (χ0n) is 12.5. The van der Waals surface area contributed by atoms with Gasteiger partial charge < -0.3 is 0 Å². The normalized spacial score (nSPS) is 18.7. The molecule has 4 heteroatoms. The number of nitrogens with zero attached hydrogens (tertiary/aromatic N) is 3. The molecule has 2 heterocycles. The molecular formula is C17H21N3O. The van der Waals surface area contributed by atoms with Crippen molar-refractivity contribution in [1.82, 2.24) is 14.0 Å². The van der Waals surface area contributed by atoms with E-state index in [1.807, 2.05) is 11.6 Å². The minimum absolute atomic E-state index is 0.184. The second kappa shape index (κ2) is 4.88. The van der Waals surface area contributed by atoms with Crippen LogP contribution < -0.4 is 5.69 Å². The van der Waals surface area contributed by atoms with Crippen LogP contribution in [0.1, 0.15) is 35.8 Å². The van der Waals surface area contributed by atoms with Gasteiger partial charge in [-0.25, -0.2) is 4.79 Å². The molecule has 1 aromatic heterocycles. The summed E-state index contributed by atoms with van der Waals surface area (Å²) >= 11 is 0. The van der Waals surface area contributed by atoms with Crippen molar-refractivity contribution in [3.05, 3.63) is 57.8 Å². The van der Waals surface area contributed by atoms with Gasteiger partial charge in [0.25, 0.3) is 0 Å². The average molecular weight is 283 g/mol. The largest absolute Gasteiger partial charge is 0.328 e. The molecule has 1 aromatic carbocycles. The molecule has 2 aromatic rings. The highest BCUT2D eigenvalue weighted by molar-refractivity contribution is 5.21. The number of fused-ring (bicyclic) bond motifs is 1. The molecule has 1 aliphatic heterocycles. The first kappa shape index (κ1) is 12.9. The van der Waals surface area contributed by atoms with Crippen LogP contribution in [0, 0.1) is 0 Å². The Morgan fingerprint density at radius 1 is 1.14 bits per heavy atom. The standard InChI is InChI=1S/C17H21N3O/c1-18-16-12-19(11-13-5-3-2-4-6-13)10-9-15(16)20(17(18)21)14-7-8-14/h2-6,14H,7-12H2,1H3. The maximum atomic E-state index is 12.4. The van der Waals surface area contributed by atoms with Crippen molar-refractivity contribution in [3.63, 3.8) is 0 Å². The third kappa shape index (κ3) is 2.23. The van der Waals surface area contributed by atoms with Gasteiger partial charge in [0.15, 0.2) is 0 Å². The highest BCUT2D eigenvalue weighted by Crippen LogP contribution is 2.36. The predicted molar refractivity (Wildman–Crippen MR) is 82.2 cm³/mol. The van der Waals surface area contributed by atoms with Crippen molar-refractivity contribution < 1.29 is 0 Å². The van der Waals surface area contributed by atoms with E-state index in [0.29, 0.717) is 6.04 Å². The lowest BCUT2D eigenvalue weighted by molar-refractivity contribution is 0.236. The molecule has 1 saturated carbocycles. The van der Waals surface area contributed by atoms with Crippen LogP contribution >= 0.6 is 0 Å². The summed E-state index contributed by atoms with van der Waals surface area (Å²) < 4.78 is 3.93. The van der Waals surface area contributed by atoms with Crippen molar-refractivity contribution in [1.29, 1.82) is 0 Å². The topological polar surface area (TPSA) is 30.2 Å². The molecule has 4 nitrogen and oxygen atoms in total. The minimum atomic E-state index is 0.184. The molecule has 21 heavy (non-hydrogen) atoms. The molecule has 0 bridgehead atoms. The lowest BCUT2D eigenvalue weighted by Gasteiger charge is -2.27. The molecule has 1 aliphatic carbocycles. The Balaban J connectivity index is 1.60. The molecule has 110 valence electrons. The van der Waals surface area contributed by atoms with E-state index in [-0.39, 0.29) is 5.69 Å². The Morgan fingerprint density at radius 2 is 1.90 bits per heavy atom. The third-order valence-corrected chi connectivity index (χ3v) is 4.72. The molecule has 0 N–H and O–H groups in total. The molecule has 0 radical (unpaired) electrons. The van der Waals surface area contributed by atoms with Gasteiger partial charge in [-0.15, -0.1) is 0 Å². The fourth-order valence-corrected chi connectivity index (χ4v) is 3.43. The molecule has 0 saturated heterocycles. The number of rotatable bonds is 3. The van der Waals surface area contributed by atoms with E-state index in [0.717, 1.165) is 26.1 Å². The lowest BCUT2D eigenvalue weighted by Crippen LogP contribution is -2.31. The maximum absolute atomic E-state index is 12.4. The van der Waals surface area contributed by atoms with E-state index in [2.05, 4.69) is 39.8 Å². The van der Waals surface area contributed by atoms with Crippen LogP contribution in [-0.2, 0) is 26.6 Å². The van der Waals surface area contributed by atoms with E-state index < -0.39 is 0 Å².